The summed E-state index contributed by atoms with van der Waals surface area (Å²) < 4.78 is 5.34. The first kappa shape index (κ1) is 15.6. The molecule has 1 aromatic heterocycles. The van der Waals surface area contributed by atoms with Crippen molar-refractivity contribution in [1.29, 1.82) is 0 Å². The number of halogens is 1. The lowest BCUT2D eigenvalue weighted by molar-refractivity contribution is 0.134. The van der Waals surface area contributed by atoms with Crippen molar-refractivity contribution in [3.05, 3.63) is 44.8 Å². The third-order valence-corrected chi connectivity index (χ3v) is 4.86. The highest BCUT2D eigenvalue weighted by Crippen LogP contribution is 2.28. The lowest BCUT2D eigenvalue weighted by Gasteiger charge is -2.35. The van der Waals surface area contributed by atoms with Gasteiger partial charge in [0.25, 0.3) is 0 Å². The van der Waals surface area contributed by atoms with E-state index in [0.29, 0.717) is 22.4 Å². The van der Waals surface area contributed by atoms with Gasteiger partial charge in [-0.25, -0.2) is 4.79 Å². The van der Waals surface area contributed by atoms with Crippen LogP contribution >= 0.6 is 11.6 Å². The van der Waals surface area contributed by atoms with E-state index in [1.807, 2.05) is 19.1 Å². The summed E-state index contributed by atoms with van der Waals surface area (Å²) in [7, 11) is 0. The van der Waals surface area contributed by atoms with Crippen molar-refractivity contribution in [1.82, 2.24) is 4.90 Å². The fraction of sp³-hybridized carbons (Fsp3) is 0.500. The van der Waals surface area contributed by atoms with E-state index in [1.165, 1.54) is 6.42 Å². The van der Waals surface area contributed by atoms with Crippen LogP contribution in [0.15, 0.2) is 27.4 Å². The van der Waals surface area contributed by atoms with Crippen LogP contribution in [-0.2, 0) is 6.54 Å². The summed E-state index contributed by atoms with van der Waals surface area (Å²) in [5.41, 5.74) is 2.27. The molecular formula is C18H22ClNO2. The van der Waals surface area contributed by atoms with Crippen LogP contribution in [0.1, 0.15) is 31.4 Å². The number of rotatable bonds is 2. The summed E-state index contributed by atoms with van der Waals surface area (Å²) in [5.74, 6) is 1.39. The summed E-state index contributed by atoms with van der Waals surface area (Å²) in [6, 6.07) is 5.38. The number of nitrogens with zero attached hydrogens (tertiary/aromatic N) is 1. The van der Waals surface area contributed by atoms with Crippen molar-refractivity contribution >= 4 is 22.6 Å². The molecule has 0 aliphatic carbocycles. The maximum Gasteiger partial charge on any atom is 0.336 e. The predicted octanol–water partition coefficient (Wildman–Crippen LogP) is 4.23. The van der Waals surface area contributed by atoms with Gasteiger partial charge in [-0.1, -0.05) is 25.4 Å². The van der Waals surface area contributed by atoms with Crippen molar-refractivity contribution < 1.29 is 4.42 Å². The molecule has 1 fully saturated rings. The fourth-order valence-electron chi connectivity index (χ4n) is 3.64. The van der Waals surface area contributed by atoms with Crippen LogP contribution in [0, 0.1) is 18.8 Å². The Morgan fingerprint density at radius 1 is 1.23 bits per heavy atom. The lowest BCUT2D eigenvalue weighted by atomic mass is 9.91. The van der Waals surface area contributed by atoms with Crippen LogP contribution in [0.2, 0.25) is 5.02 Å². The zero-order chi connectivity index (χ0) is 15.9. The van der Waals surface area contributed by atoms with E-state index in [4.69, 9.17) is 16.0 Å². The number of hydrogen-bond acceptors (Lipinski definition) is 3. The molecule has 2 atom stereocenters. The van der Waals surface area contributed by atoms with Gasteiger partial charge in [-0.15, -0.1) is 0 Å². The largest absolute Gasteiger partial charge is 0.423 e. The smallest absolute Gasteiger partial charge is 0.336 e. The molecule has 2 aromatic rings. The molecule has 0 N–H and O–H groups in total. The highest BCUT2D eigenvalue weighted by Gasteiger charge is 2.22. The van der Waals surface area contributed by atoms with Gasteiger partial charge in [-0.05, 0) is 48.4 Å². The van der Waals surface area contributed by atoms with Gasteiger partial charge in [-0.3, -0.25) is 4.90 Å². The summed E-state index contributed by atoms with van der Waals surface area (Å²) in [6.45, 7) is 9.43. The van der Waals surface area contributed by atoms with E-state index in [1.54, 1.807) is 6.07 Å². The molecule has 3 nitrogen and oxygen atoms in total. The number of aryl methyl sites for hydroxylation is 1. The van der Waals surface area contributed by atoms with Gasteiger partial charge in [0.05, 0.1) is 0 Å². The highest BCUT2D eigenvalue weighted by molar-refractivity contribution is 6.32. The number of benzene rings is 1. The van der Waals surface area contributed by atoms with E-state index in [2.05, 4.69) is 18.7 Å². The van der Waals surface area contributed by atoms with Crippen LogP contribution < -0.4 is 5.63 Å². The first-order valence-corrected chi connectivity index (χ1v) is 8.25. The Kier molecular flexibility index (Phi) is 4.28. The Bertz CT molecular complexity index is 743. The lowest BCUT2D eigenvalue weighted by Crippen LogP contribution is -2.38. The third-order valence-electron chi connectivity index (χ3n) is 4.45. The minimum Gasteiger partial charge on any atom is -0.423 e. The topological polar surface area (TPSA) is 33.5 Å². The molecule has 0 bridgehead atoms. The zero-order valence-corrected chi connectivity index (χ0v) is 14.1. The average molecular weight is 320 g/mol. The molecule has 1 aliphatic heterocycles. The highest BCUT2D eigenvalue weighted by atomic mass is 35.5. The standard InChI is InChI=1S/C18H22ClNO2/c1-11-4-12(2)9-20(8-11)10-14-6-18(21)22-17-5-13(3)16(19)7-15(14)17/h5-7,11-12H,4,8-10H2,1-3H3/t11-,12-/m0/s1. The van der Waals surface area contributed by atoms with E-state index in [9.17, 15) is 4.79 Å². The number of likely N-dealkylation sites (tertiary alicyclic amines) is 1. The zero-order valence-electron chi connectivity index (χ0n) is 13.4. The Morgan fingerprint density at radius 3 is 2.59 bits per heavy atom. The Labute approximate surface area is 135 Å². The molecule has 0 unspecified atom stereocenters. The van der Waals surface area contributed by atoms with Crippen LogP contribution in [0.4, 0.5) is 0 Å². The Hall–Kier alpha value is -1.32. The second kappa shape index (κ2) is 6.05. The summed E-state index contributed by atoms with van der Waals surface area (Å²) in [5, 5.41) is 1.66. The van der Waals surface area contributed by atoms with Crippen molar-refractivity contribution in [2.75, 3.05) is 13.1 Å². The summed E-state index contributed by atoms with van der Waals surface area (Å²) in [6.07, 6.45) is 1.28. The average Bonchev–Trinajstić information content (AvgIpc) is 2.39. The van der Waals surface area contributed by atoms with E-state index < -0.39 is 0 Å². The van der Waals surface area contributed by atoms with Gasteiger partial charge in [0.1, 0.15) is 5.58 Å². The molecule has 1 aliphatic rings. The van der Waals surface area contributed by atoms with Crippen molar-refractivity contribution in [3.8, 4) is 0 Å². The molecular weight excluding hydrogens is 298 g/mol. The molecule has 0 saturated carbocycles. The molecule has 1 saturated heterocycles. The van der Waals surface area contributed by atoms with E-state index in [-0.39, 0.29) is 5.63 Å². The third kappa shape index (κ3) is 3.21. The van der Waals surface area contributed by atoms with Crippen LogP contribution in [0.5, 0.6) is 0 Å². The van der Waals surface area contributed by atoms with Crippen LogP contribution in [0.25, 0.3) is 11.0 Å². The molecule has 0 radical (unpaired) electrons. The monoisotopic (exact) mass is 319 g/mol. The van der Waals surface area contributed by atoms with Gasteiger partial charge in [0.15, 0.2) is 0 Å². The van der Waals surface area contributed by atoms with Gasteiger partial charge in [0.2, 0.25) is 0 Å². The number of fused-ring (bicyclic) bond motifs is 1. The summed E-state index contributed by atoms with van der Waals surface area (Å²) >= 11 is 6.26. The molecule has 118 valence electrons. The second-order valence-corrected chi connectivity index (χ2v) is 7.24. The molecule has 22 heavy (non-hydrogen) atoms. The number of hydrogen-bond donors (Lipinski definition) is 0. The van der Waals surface area contributed by atoms with Gasteiger partial charge >= 0.3 is 5.63 Å². The quantitative estimate of drug-likeness (QED) is 0.777. The van der Waals surface area contributed by atoms with Crippen LogP contribution in [0.3, 0.4) is 0 Å². The molecule has 1 aromatic carbocycles. The van der Waals surface area contributed by atoms with E-state index >= 15 is 0 Å². The number of piperidine rings is 1. The first-order valence-electron chi connectivity index (χ1n) is 7.87. The second-order valence-electron chi connectivity index (χ2n) is 6.83. The molecule has 3 rings (SSSR count). The van der Waals surface area contributed by atoms with Gasteiger partial charge in [0, 0.05) is 36.1 Å². The van der Waals surface area contributed by atoms with Crippen molar-refractivity contribution in [2.45, 2.75) is 33.7 Å². The fourth-order valence-corrected chi connectivity index (χ4v) is 3.80. The van der Waals surface area contributed by atoms with Gasteiger partial charge in [-0.2, -0.15) is 0 Å². The first-order chi connectivity index (χ1) is 10.4. The van der Waals surface area contributed by atoms with E-state index in [0.717, 1.165) is 36.1 Å². The minimum absolute atomic E-state index is 0.290. The minimum atomic E-state index is -0.290. The molecule has 4 heteroatoms. The Morgan fingerprint density at radius 2 is 1.91 bits per heavy atom. The molecule has 0 amide bonds. The molecule has 2 heterocycles. The van der Waals surface area contributed by atoms with Crippen molar-refractivity contribution in [2.24, 2.45) is 11.8 Å². The van der Waals surface area contributed by atoms with Gasteiger partial charge < -0.3 is 4.42 Å². The van der Waals surface area contributed by atoms with Crippen LogP contribution in [-0.4, -0.2) is 18.0 Å². The summed E-state index contributed by atoms with van der Waals surface area (Å²) in [4.78, 5) is 14.3. The maximum absolute atomic E-state index is 11.9. The maximum atomic E-state index is 11.9. The van der Waals surface area contributed by atoms with Crippen molar-refractivity contribution in [3.63, 3.8) is 0 Å². The normalized spacial score (nSPS) is 23.1. The SMILES string of the molecule is Cc1cc2oc(=O)cc(CN3C[C@@H](C)C[C@H](C)C3)c2cc1Cl. The molecule has 0 spiro atoms. The Balaban J connectivity index is 1.99. The predicted molar refractivity (Wildman–Crippen MR) is 90.5 cm³/mol.